The molecular weight excluding hydrogens is 376 g/mol. The van der Waals surface area contributed by atoms with E-state index in [2.05, 4.69) is 35.0 Å². The number of ether oxygens (including phenoxy) is 1. The molecule has 158 valence electrons. The van der Waals surface area contributed by atoms with Crippen molar-refractivity contribution in [1.82, 2.24) is 9.88 Å². The van der Waals surface area contributed by atoms with Gasteiger partial charge in [0.25, 0.3) is 0 Å². The third-order valence-electron chi connectivity index (χ3n) is 6.89. The molecule has 30 heavy (non-hydrogen) atoms. The maximum absolute atomic E-state index is 11.1. The van der Waals surface area contributed by atoms with Gasteiger partial charge in [0, 0.05) is 53.8 Å². The van der Waals surface area contributed by atoms with Gasteiger partial charge in [-0.05, 0) is 44.4 Å². The zero-order valence-corrected chi connectivity index (χ0v) is 17.7. The van der Waals surface area contributed by atoms with E-state index in [1.165, 1.54) is 5.56 Å². The fourth-order valence-electron chi connectivity index (χ4n) is 5.27. The van der Waals surface area contributed by atoms with Crippen LogP contribution in [0.1, 0.15) is 53.9 Å². The van der Waals surface area contributed by atoms with Crippen molar-refractivity contribution in [1.29, 1.82) is 0 Å². The first-order chi connectivity index (χ1) is 14.4. The third kappa shape index (κ3) is 3.41. The molecule has 0 radical (unpaired) electrons. The lowest BCUT2D eigenvalue weighted by atomic mass is 9.81. The Kier molecular flexibility index (Phi) is 4.85. The second-order valence-electron chi connectivity index (χ2n) is 9.07. The number of likely N-dealkylation sites (tertiary alicyclic amines) is 1. The van der Waals surface area contributed by atoms with E-state index in [9.17, 15) is 10.2 Å². The molecule has 0 amide bonds. The predicted molar refractivity (Wildman–Crippen MR) is 118 cm³/mol. The van der Waals surface area contributed by atoms with Gasteiger partial charge < -0.3 is 24.8 Å². The van der Waals surface area contributed by atoms with Crippen LogP contribution in [-0.2, 0) is 0 Å². The summed E-state index contributed by atoms with van der Waals surface area (Å²) in [5.74, 6) is 0.814. The molecule has 2 atom stereocenters. The maximum Gasteiger partial charge on any atom is 0.125 e. The minimum absolute atomic E-state index is 0.302. The number of nitrogens with one attached hydrogen (secondary N) is 1. The maximum atomic E-state index is 11.1. The molecule has 3 N–H and O–H groups in total. The number of fused-ring (bicyclic) bond motifs is 2. The predicted octanol–water partition coefficient (Wildman–Crippen LogP) is 4.17. The average molecular weight is 407 g/mol. The summed E-state index contributed by atoms with van der Waals surface area (Å²) in [6.45, 7) is 6.43. The fourth-order valence-corrected chi connectivity index (χ4v) is 5.27. The summed E-state index contributed by atoms with van der Waals surface area (Å²) in [4.78, 5) is 5.74. The summed E-state index contributed by atoms with van der Waals surface area (Å²) < 4.78 is 6.39. The molecular formula is C25H30N2O3. The lowest BCUT2D eigenvalue weighted by Gasteiger charge is -2.46. The van der Waals surface area contributed by atoms with E-state index in [-0.39, 0.29) is 5.60 Å². The van der Waals surface area contributed by atoms with E-state index in [0.29, 0.717) is 13.0 Å². The number of piperidine rings is 1. The van der Waals surface area contributed by atoms with Crippen LogP contribution in [0.2, 0.25) is 0 Å². The number of benzene rings is 2. The molecule has 1 fully saturated rings. The van der Waals surface area contributed by atoms with Gasteiger partial charge in [-0.1, -0.05) is 30.3 Å². The Balaban J connectivity index is 1.28. The standard InChI is InChI=1S/C25H30N2O3/c1-16-7-8-18-20(13-16)26-17(2)24(18)22(29)15-27-11-9-25(10-12-27)14-21(28)19-5-3-4-6-23(19)30-25/h3-8,13,21-22,26,28-29H,9-12,14-15H2,1-2H3/t21-,22+/m0/s1. The first kappa shape index (κ1) is 19.6. The normalized spacial score (nSPS) is 22.1. The summed E-state index contributed by atoms with van der Waals surface area (Å²) in [6, 6.07) is 14.1. The SMILES string of the molecule is Cc1ccc2c([C@H](O)CN3CCC4(CC3)C[C@H](O)c3ccccc3O4)c(C)[nH]c2c1. The van der Waals surface area contributed by atoms with Crippen LogP contribution >= 0.6 is 0 Å². The van der Waals surface area contributed by atoms with E-state index in [1.54, 1.807) is 0 Å². The van der Waals surface area contributed by atoms with Crippen LogP contribution in [0.25, 0.3) is 10.9 Å². The summed E-state index contributed by atoms with van der Waals surface area (Å²) in [5.41, 5.74) is 4.93. The molecule has 2 aliphatic rings. The number of aromatic amines is 1. The molecule has 0 saturated carbocycles. The largest absolute Gasteiger partial charge is 0.487 e. The van der Waals surface area contributed by atoms with Crippen molar-refractivity contribution < 1.29 is 14.9 Å². The van der Waals surface area contributed by atoms with Crippen molar-refractivity contribution in [3.63, 3.8) is 0 Å². The highest BCUT2D eigenvalue weighted by atomic mass is 16.5. The van der Waals surface area contributed by atoms with Crippen LogP contribution in [0.4, 0.5) is 0 Å². The molecule has 0 aliphatic carbocycles. The number of aliphatic hydroxyl groups is 2. The van der Waals surface area contributed by atoms with Crippen molar-refractivity contribution in [2.75, 3.05) is 19.6 Å². The molecule has 0 unspecified atom stereocenters. The van der Waals surface area contributed by atoms with Crippen molar-refractivity contribution in [3.8, 4) is 5.75 Å². The number of rotatable bonds is 3. The van der Waals surface area contributed by atoms with Crippen LogP contribution in [-0.4, -0.2) is 45.3 Å². The van der Waals surface area contributed by atoms with E-state index < -0.39 is 12.2 Å². The van der Waals surface area contributed by atoms with Crippen LogP contribution in [0.5, 0.6) is 5.75 Å². The van der Waals surface area contributed by atoms with Gasteiger partial charge in [-0.2, -0.15) is 0 Å². The Morgan fingerprint density at radius 3 is 2.73 bits per heavy atom. The fraction of sp³-hybridized carbons (Fsp3) is 0.440. The van der Waals surface area contributed by atoms with Gasteiger partial charge >= 0.3 is 0 Å². The highest BCUT2D eigenvalue weighted by molar-refractivity contribution is 5.85. The minimum atomic E-state index is -0.533. The van der Waals surface area contributed by atoms with Crippen molar-refractivity contribution in [3.05, 3.63) is 64.8 Å². The Morgan fingerprint density at radius 1 is 1.17 bits per heavy atom. The van der Waals surface area contributed by atoms with Gasteiger partial charge in [-0.25, -0.2) is 0 Å². The Labute approximate surface area is 177 Å². The van der Waals surface area contributed by atoms with Crippen molar-refractivity contribution >= 4 is 10.9 Å². The Morgan fingerprint density at radius 2 is 1.93 bits per heavy atom. The first-order valence-electron chi connectivity index (χ1n) is 10.9. The van der Waals surface area contributed by atoms with Crippen LogP contribution in [0.3, 0.4) is 0 Å². The number of aliphatic hydroxyl groups excluding tert-OH is 2. The summed E-state index contributed by atoms with van der Waals surface area (Å²) in [5, 5.41) is 22.8. The molecule has 3 heterocycles. The van der Waals surface area contributed by atoms with E-state index >= 15 is 0 Å². The highest BCUT2D eigenvalue weighted by Crippen LogP contribution is 2.44. The number of H-pyrrole nitrogens is 1. The van der Waals surface area contributed by atoms with Gasteiger partial charge in [-0.3, -0.25) is 0 Å². The Bertz CT molecular complexity index is 1070. The van der Waals surface area contributed by atoms with Crippen LogP contribution < -0.4 is 4.74 Å². The van der Waals surface area contributed by atoms with E-state index in [1.807, 2.05) is 31.2 Å². The highest BCUT2D eigenvalue weighted by Gasteiger charge is 2.43. The molecule has 1 spiro atoms. The monoisotopic (exact) mass is 406 g/mol. The molecule has 3 aromatic rings. The molecule has 5 heteroatoms. The van der Waals surface area contributed by atoms with Gasteiger partial charge in [0.05, 0.1) is 12.2 Å². The van der Waals surface area contributed by atoms with Crippen molar-refractivity contribution in [2.45, 2.75) is 50.9 Å². The summed E-state index contributed by atoms with van der Waals surface area (Å²) >= 11 is 0. The molecule has 2 aromatic carbocycles. The number of aryl methyl sites for hydroxylation is 2. The zero-order chi connectivity index (χ0) is 20.9. The number of hydrogen-bond donors (Lipinski definition) is 3. The summed E-state index contributed by atoms with van der Waals surface area (Å²) in [6.07, 6.45) is 1.36. The second-order valence-corrected chi connectivity index (χ2v) is 9.07. The number of nitrogens with zero attached hydrogens (tertiary/aromatic N) is 1. The summed E-state index contributed by atoms with van der Waals surface area (Å²) in [7, 11) is 0. The van der Waals surface area contributed by atoms with E-state index in [4.69, 9.17) is 4.74 Å². The van der Waals surface area contributed by atoms with Crippen LogP contribution in [0, 0.1) is 13.8 Å². The first-order valence-corrected chi connectivity index (χ1v) is 10.9. The number of hydrogen-bond acceptors (Lipinski definition) is 4. The second kappa shape index (κ2) is 7.41. The van der Waals surface area contributed by atoms with Gasteiger partial charge in [0.1, 0.15) is 11.4 Å². The third-order valence-corrected chi connectivity index (χ3v) is 6.89. The number of aromatic nitrogens is 1. The quantitative estimate of drug-likeness (QED) is 0.611. The average Bonchev–Trinajstić information content (AvgIpc) is 3.04. The molecule has 1 saturated heterocycles. The zero-order valence-electron chi connectivity index (χ0n) is 17.7. The topological polar surface area (TPSA) is 68.7 Å². The molecule has 0 bridgehead atoms. The van der Waals surface area contributed by atoms with Gasteiger partial charge in [0.15, 0.2) is 0 Å². The van der Waals surface area contributed by atoms with Crippen LogP contribution in [0.15, 0.2) is 42.5 Å². The number of para-hydroxylation sites is 1. The minimum Gasteiger partial charge on any atom is -0.487 e. The molecule has 2 aliphatic heterocycles. The number of β-amino-alcohol motifs (C(OH)–C–C–N with tert-alkyl or cyclic N) is 1. The Hall–Kier alpha value is -2.34. The molecule has 5 rings (SSSR count). The molecule has 1 aromatic heterocycles. The van der Waals surface area contributed by atoms with E-state index in [0.717, 1.165) is 59.4 Å². The van der Waals surface area contributed by atoms with Gasteiger partial charge in [0.2, 0.25) is 0 Å². The van der Waals surface area contributed by atoms with Gasteiger partial charge in [-0.15, -0.1) is 0 Å². The molecule has 5 nitrogen and oxygen atoms in total. The van der Waals surface area contributed by atoms with Crippen molar-refractivity contribution in [2.24, 2.45) is 0 Å². The smallest absolute Gasteiger partial charge is 0.125 e. The lowest BCUT2D eigenvalue weighted by Crippen LogP contribution is -2.51. The lowest BCUT2D eigenvalue weighted by molar-refractivity contribution is -0.0587.